The average molecular weight is 393 g/mol. The van der Waals surface area contributed by atoms with Crippen molar-refractivity contribution in [2.75, 3.05) is 0 Å². The van der Waals surface area contributed by atoms with E-state index in [-0.39, 0.29) is 5.41 Å². The van der Waals surface area contributed by atoms with Crippen LogP contribution in [0.5, 0.6) is 0 Å². The van der Waals surface area contributed by atoms with Crippen LogP contribution in [0, 0.1) is 12.3 Å². The molecule has 0 saturated carbocycles. The molecule has 4 nitrogen and oxygen atoms in total. The largest absolute Gasteiger partial charge is 0.255 e. The highest BCUT2D eigenvalue weighted by molar-refractivity contribution is 7.24. The van der Waals surface area contributed by atoms with E-state index in [9.17, 15) is 0 Å². The summed E-state index contributed by atoms with van der Waals surface area (Å²) in [6, 6.07) is 8.51. The van der Waals surface area contributed by atoms with Crippen molar-refractivity contribution in [3.05, 3.63) is 47.2 Å². The van der Waals surface area contributed by atoms with Gasteiger partial charge in [0, 0.05) is 17.3 Å². The summed E-state index contributed by atoms with van der Waals surface area (Å²) < 4.78 is 4.47. The number of hydrogen-bond donors (Lipinski definition) is 0. The molecular formula is C21H20N4S2. The van der Waals surface area contributed by atoms with Gasteiger partial charge in [-0.3, -0.25) is 4.98 Å². The van der Waals surface area contributed by atoms with Crippen LogP contribution in [0.3, 0.4) is 0 Å². The second kappa shape index (κ2) is 5.84. The van der Waals surface area contributed by atoms with Crippen LogP contribution < -0.4 is 0 Å². The van der Waals surface area contributed by atoms with Crippen LogP contribution in [0.25, 0.3) is 36.5 Å². The maximum Gasteiger partial charge on any atom is 0.123 e. The third kappa shape index (κ3) is 2.84. The third-order valence-electron chi connectivity index (χ3n) is 4.60. The molecule has 27 heavy (non-hydrogen) atoms. The zero-order valence-corrected chi connectivity index (χ0v) is 17.4. The molecule has 0 unspecified atom stereocenters. The van der Waals surface area contributed by atoms with Crippen molar-refractivity contribution in [3.63, 3.8) is 0 Å². The SMILES string of the molecule is Cc1nc2cc(-c3nccc4c3sc3c(CC(C)(C)C)cnn34)ccc2s1. The number of thiazole rings is 2. The van der Waals surface area contributed by atoms with Gasteiger partial charge in [0.1, 0.15) is 4.83 Å². The van der Waals surface area contributed by atoms with Gasteiger partial charge in [-0.15, -0.1) is 22.7 Å². The van der Waals surface area contributed by atoms with E-state index in [1.165, 1.54) is 19.8 Å². The summed E-state index contributed by atoms with van der Waals surface area (Å²) in [5.41, 5.74) is 5.82. The van der Waals surface area contributed by atoms with E-state index in [0.717, 1.165) is 33.7 Å². The lowest BCUT2D eigenvalue weighted by Gasteiger charge is -2.16. The Labute approximate surface area is 165 Å². The molecular weight excluding hydrogens is 372 g/mol. The Kier molecular flexibility index (Phi) is 3.64. The van der Waals surface area contributed by atoms with Crippen LogP contribution in [-0.4, -0.2) is 19.6 Å². The lowest BCUT2D eigenvalue weighted by Crippen LogP contribution is -2.08. The predicted octanol–water partition coefficient (Wildman–Crippen LogP) is 6.12. The summed E-state index contributed by atoms with van der Waals surface area (Å²) in [4.78, 5) is 10.6. The van der Waals surface area contributed by atoms with Crippen molar-refractivity contribution in [3.8, 4) is 11.3 Å². The zero-order valence-electron chi connectivity index (χ0n) is 15.8. The first-order valence-electron chi connectivity index (χ1n) is 9.01. The zero-order chi connectivity index (χ0) is 18.8. The number of rotatable bonds is 2. The van der Waals surface area contributed by atoms with Crippen LogP contribution in [0.1, 0.15) is 31.3 Å². The second-order valence-corrected chi connectivity index (χ2v) is 10.4. The molecule has 4 aromatic heterocycles. The van der Waals surface area contributed by atoms with Crippen molar-refractivity contribution in [2.45, 2.75) is 34.1 Å². The molecule has 6 heteroatoms. The highest BCUT2D eigenvalue weighted by atomic mass is 32.1. The van der Waals surface area contributed by atoms with E-state index in [2.05, 4.69) is 59.6 Å². The summed E-state index contributed by atoms with van der Waals surface area (Å²) in [5.74, 6) is 0. The molecule has 136 valence electrons. The first-order valence-corrected chi connectivity index (χ1v) is 10.6. The molecule has 0 N–H and O–H groups in total. The molecule has 0 bridgehead atoms. The maximum atomic E-state index is 4.71. The number of pyridine rings is 1. The van der Waals surface area contributed by atoms with Gasteiger partial charge in [0.25, 0.3) is 0 Å². The molecule has 0 aliphatic carbocycles. The van der Waals surface area contributed by atoms with Gasteiger partial charge in [0.2, 0.25) is 0 Å². The molecule has 0 saturated heterocycles. The first kappa shape index (κ1) is 16.8. The monoisotopic (exact) mass is 392 g/mol. The predicted molar refractivity (Wildman–Crippen MR) is 115 cm³/mol. The molecule has 0 amide bonds. The van der Waals surface area contributed by atoms with E-state index in [1.54, 1.807) is 22.7 Å². The molecule has 0 radical (unpaired) electrons. The molecule has 4 heterocycles. The van der Waals surface area contributed by atoms with Gasteiger partial charge in [-0.1, -0.05) is 26.8 Å². The topological polar surface area (TPSA) is 43.1 Å². The molecule has 0 spiro atoms. The van der Waals surface area contributed by atoms with Crippen molar-refractivity contribution in [1.29, 1.82) is 0 Å². The lowest BCUT2D eigenvalue weighted by molar-refractivity contribution is 0.413. The van der Waals surface area contributed by atoms with Crippen LogP contribution in [-0.2, 0) is 6.42 Å². The number of hydrogen-bond acceptors (Lipinski definition) is 5. The van der Waals surface area contributed by atoms with Crippen molar-refractivity contribution < 1.29 is 0 Å². The van der Waals surface area contributed by atoms with E-state index in [0.29, 0.717) is 0 Å². The number of aryl methyl sites for hydroxylation is 1. The summed E-state index contributed by atoms with van der Waals surface area (Å²) >= 11 is 3.52. The number of nitrogens with zero attached hydrogens (tertiary/aromatic N) is 4. The third-order valence-corrected chi connectivity index (χ3v) is 6.78. The molecule has 5 rings (SSSR count). The highest BCUT2D eigenvalue weighted by Gasteiger charge is 2.19. The maximum absolute atomic E-state index is 4.71. The normalized spacial score (nSPS) is 12.6. The van der Waals surface area contributed by atoms with Crippen LogP contribution in [0.2, 0.25) is 0 Å². The Hall–Kier alpha value is -2.31. The highest BCUT2D eigenvalue weighted by Crippen LogP contribution is 2.37. The Morgan fingerprint density at radius 2 is 1.96 bits per heavy atom. The van der Waals surface area contributed by atoms with Gasteiger partial charge in [0.15, 0.2) is 0 Å². The van der Waals surface area contributed by atoms with Crippen molar-refractivity contribution >= 4 is 47.9 Å². The summed E-state index contributed by atoms with van der Waals surface area (Å²) in [7, 11) is 0. The van der Waals surface area contributed by atoms with Gasteiger partial charge < -0.3 is 0 Å². The fraction of sp³-hybridized carbons (Fsp3) is 0.286. The van der Waals surface area contributed by atoms with Gasteiger partial charge in [-0.05, 0) is 37.0 Å². The van der Waals surface area contributed by atoms with Crippen molar-refractivity contribution in [2.24, 2.45) is 5.41 Å². The van der Waals surface area contributed by atoms with Crippen LogP contribution >= 0.6 is 22.7 Å². The van der Waals surface area contributed by atoms with Gasteiger partial charge >= 0.3 is 0 Å². The number of fused-ring (bicyclic) bond motifs is 4. The Balaban J connectivity index is 1.72. The molecule has 0 atom stereocenters. The van der Waals surface area contributed by atoms with E-state index in [4.69, 9.17) is 4.98 Å². The smallest absolute Gasteiger partial charge is 0.123 e. The standard InChI is InChI=1S/C21H20N4S2/c1-12-24-15-9-13(5-6-17(15)26-12)18-19-16(7-8-22-18)25-20(27-19)14(11-23-25)10-21(2,3)4/h5-9,11H,10H2,1-4H3. The lowest BCUT2D eigenvalue weighted by atomic mass is 9.89. The molecule has 1 aromatic carbocycles. The molecule has 5 aromatic rings. The van der Waals surface area contributed by atoms with Gasteiger partial charge in [-0.25, -0.2) is 9.50 Å². The fourth-order valence-corrected chi connectivity index (χ4v) is 5.56. The van der Waals surface area contributed by atoms with Gasteiger partial charge in [-0.2, -0.15) is 5.10 Å². The quantitative estimate of drug-likeness (QED) is 0.363. The second-order valence-electron chi connectivity index (χ2n) is 8.15. The van der Waals surface area contributed by atoms with E-state index in [1.807, 2.05) is 19.3 Å². The molecule has 0 fully saturated rings. The minimum Gasteiger partial charge on any atom is -0.255 e. The first-order chi connectivity index (χ1) is 12.9. The average Bonchev–Trinajstić information content (AvgIpc) is 3.26. The molecule has 0 aliphatic rings. The summed E-state index contributed by atoms with van der Waals surface area (Å²) in [6.45, 7) is 8.85. The van der Waals surface area contributed by atoms with Crippen LogP contribution in [0.4, 0.5) is 0 Å². The minimum absolute atomic E-state index is 0.230. The van der Waals surface area contributed by atoms with E-state index >= 15 is 0 Å². The fourth-order valence-electron chi connectivity index (χ4n) is 3.54. The minimum atomic E-state index is 0.230. The number of aromatic nitrogens is 4. The van der Waals surface area contributed by atoms with Gasteiger partial charge in [0.05, 0.1) is 37.3 Å². The van der Waals surface area contributed by atoms with Crippen molar-refractivity contribution in [1.82, 2.24) is 19.6 Å². The Morgan fingerprint density at radius 3 is 2.78 bits per heavy atom. The Bertz CT molecular complexity index is 1300. The summed E-state index contributed by atoms with van der Waals surface area (Å²) in [5, 5.41) is 5.76. The van der Waals surface area contributed by atoms with Crippen LogP contribution in [0.15, 0.2) is 36.7 Å². The number of benzene rings is 1. The molecule has 0 aliphatic heterocycles. The summed E-state index contributed by atoms with van der Waals surface area (Å²) in [6.07, 6.45) is 4.91. The van der Waals surface area contributed by atoms with E-state index < -0.39 is 0 Å². The Morgan fingerprint density at radius 1 is 1.11 bits per heavy atom.